The van der Waals surface area contributed by atoms with Gasteiger partial charge in [-0.1, -0.05) is 0 Å². The third-order valence-electron chi connectivity index (χ3n) is 2.99. The third-order valence-corrected chi connectivity index (χ3v) is 3.58. The van der Waals surface area contributed by atoms with Crippen molar-refractivity contribution in [3.8, 4) is 0 Å². The van der Waals surface area contributed by atoms with Crippen molar-refractivity contribution in [2.24, 2.45) is 0 Å². The lowest BCUT2D eigenvalue weighted by Crippen LogP contribution is -2.34. The van der Waals surface area contributed by atoms with Crippen molar-refractivity contribution in [2.75, 3.05) is 11.0 Å². The molecule has 0 radical (unpaired) electrons. The Labute approximate surface area is 133 Å². The Morgan fingerprint density at radius 2 is 2.09 bits per heavy atom. The molecular formula is C15H17FN2O4S. The average Bonchev–Trinajstić information content (AvgIpc) is 2.92. The number of anilines is 1. The van der Waals surface area contributed by atoms with Gasteiger partial charge in [-0.25, -0.2) is 12.8 Å². The number of furan rings is 1. The zero-order valence-electron chi connectivity index (χ0n) is 12.7. The minimum absolute atomic E-state index is 0.156. The Hall–Kier alpha value is -2.35. The fraction of sp³-hybridized carbons (Fsp3) is 0.267. The fourth-order valence-corrected chi connectivity index (χ4v) is 2.59. The molecule has 2 N–H and O–H groups in total. The molecule has 1 atom stereocenters. The fourth-order valence-electron chi connectivity index (χ4n) is 2.03. The van der Waals surface area contributed by atoms with Crippen LogP contribution in [0.15, 0.2) is 41.0 Å². The Morgan fingerprint density at radius 1 is 1.35 bits per heavy atom. The first-order valence-electron chi connectivity index (χ1n) is 6.85. The van der Waals surface area contributed by atoms with Crippen molar-refractivity contribution in [1.29, 1.82) is 0 Å². The molecule has 0 unspecified atom stereocenters. The first kappa shape index (κ1) is 17.0. The molecule has 8 heteroatoms. The van der Waals surface area contributed by atoms with Crippen LogP contribution in [-0.4, -0.2) is 26.6 Å². The van der Waals surface area contributed by atoms with Crippen LogP contribution in [0.1, 0.15) is 23.0 Å². The predicted molar refractivity (Wildman–Crippen MR) is 84.2 cm³/mol. The average molecular weight is 340 g/mol. The van der Waals surface area contributed by atoms with Gasteiger partial charge in [-0.05, 0) is 37.3 Å². The zero-order chi connectivity index (χ0) is 17.0. The summed E-state index contributed by atoms with van der Waals surface area (Å²) in [6.45, 7) is 1.81. The smallest absolute Gasteiger partial charge is 0.251 e. The number of rotatable bonds is 6. The number of benzene rings is 1. The molecule has 0 saturated heterocycles. The molecule has 0 fully saturated rings. The van der Waals surface area contributed by atoms with Crippen LogP contribution in [0.5, 0.6) is 0 Å². The van der Waals surface area contributed by atoms with Gasteiger partial charge in [0.1, 0.15) is 11.6 Å². The summed E-state index contributed by atoms with van der Waals surface area (Å²) in [5.41, 5.74) is -0.109. The zero-order valence-corrected chi connectivity index (χ0v) is 13.5. The summed E-state index contributed by atoms with van der Waals surface area (Å²) in [6, 6.07) is 6.84. The van der Waals surface area contributed by atoms with Gasteiger partial charge >= 0.3 is 0 Å². The number of sulfonamides is 1. The molecule has 0 saturated carbocycles. The van der Waals surface area contributed by atoms with E-state index in [9.17, 15) is 17.6 Å². The van der Waals surface area contributed by atoms with Gasteiger partial charge in [0, 0.05) is 18.0 Å². The highest BCUT2D eigenvalue weighted by Gasteiger charge is 2.15. The molecule has 0 aliphatic carbocycles. The van der Waals surface area contributed by atoms with E-state index >= 15 is 0 Å². The molecular weight excluding hydrogens is 323 g/mol. The normalized spacial score (nSPS) is 12.7. The molecule has 1 heterocycles. The Bertz CT molecular complexity index is 788. The molecule has 0 bridgehead atoms. The maximum Gasteiger partial charge on any atom is 0.251 e. The minimum Gasteiger partial charge on any atom is -0.469 e. The van der Waals surface area contributed by atoms with Gasteiger partial charge in [-0.3, -0.25) is 9.52 Å². The summed E-state index contributed by atoms with van der Waals surface area (Å²) in [7, 11) is -3.63. The standard InChI is InChI=1S/C15H17FN2O4S/c1-10(8-12-4-3-7-22-12)17-15(19)11-5-6-13(16)14(9-11)18-23(2,20)21/h3-7,9-10,18H,8H2,1-2H3,(H,17,19)/t10-/m1/s1. The molecule has 0 aliphatic heterocycles. The van der Waals surface area contributed by atoms with Crippen LogP contribution in [0.2, 0.25) is 0 Å². The van der Waals surface area contributed by atoms with Crippen LogP contribution in [-0.2, 0) is 16.4 Å². The van der Waals surface area contributed by atoms with E-state index in [0.29, 0.717) is 6.42 Å². The number of halogens is 1. The van der Waals surface area contributed by atoms with Crippen molar-refractivity contribution in [1.82, 2.24) is 5.32 Å². The van der Waals surface area contributed by atoms with E-state index in [1.165, 1.54) is 6.07 Å². The minimum atomic E-state index is -3.63. The van der Waals surface area contributed by atoms with E-state index in [-0.39, 0.29) is 17.3 Å². The van der Waals surface area contributed by atoms with Gasteiger partial charge in [-0.2, -0.15) is 0 Å². The summed E-state index contributed by atoms with van der Waals surface area (Å²) in [6.07, 6.45) is 2.96. The Morgan fingerprint density at radius 3 is 2.70 bits per heavy atom. The molecule has 23 heavy (non-hydrogen) atoms. The number of carbonyl (C=O) groups is 1. The second-order valence-corrected chi connectivity index (χ2v) is 6.98. The second-order valence-electron chi connectivity index (χ2n) is 5.23. The van der Waals surface area contributed by atoms with Crippen LogP contribution in [0, 0.1) is 5.82 Å². The molecule has 1 amide bonds. The number of hydrogen-bond acceptors (Lipinski definition) is 4. The summed E-state index contributed by atoms with van der Waals surface area (Å²) in [5.74, 6) is -0.451. The number of carbonyl (C=O) groups excluding carboxylic acids is 1. The first-order valence-corrected chi connectivity index (χ1v) is 8.74. The van der Waals surface area contributed by atoms with E-state index in [1.807, 2.05) is 4.72 Å². The molecule has 2 aromatic rings. The molecule has 6 nitrogen and oxygen atoms in total. The van der Waals surface area contributed by atoms with Gasteiger partial charge < -0.3 is 9.73 Å². The second kappa shape index (κ2) is 6.82. The van der Waals surface area contributed by atoms with Crippen molar-refractivity contribution < 1.29 is 22.0 Å². The number of amides is 1. The summed E-state index contributed by atoms with van der Waals surface area (Å²) < 4.78 is 43.2. The summed E-state index contributed by atoms with van der Waals surface area (Å²) >= 11 is 0. The quantitative estimate of drug-likeness (QED) is 0.843. The lowest BCUT2D eigenvalue weighted by atomic mass is 10.1. The SMILES string of the molecule is C[C@H](Cc1ccco1)NC(=O)c1ccc(F)c(NS(C)(=O)=O)c1. The largest absolute Gasteiger partial charge is 0.469 e. The van der Waals surface area contributed by atoms with E-state index in [2.05, 4.69) is 5.32 Å². The monoisotopic (exact) mass is 340 g/mol. The molecule has 0 aliphatic rings. The van der Waals surface area contributed by atoms with Gasteiger partial charge in [0.05, 0.1) is 18.2 Å². The highest BCUT2D eigenvalue weighted by atomic mass is 32.2. The Kier molecular flexibility index (Phi) is 5.05. The maximum atomic E-state index is 13.6. The lowest BCUT2D eigenvalue weighted by Gasteiger charge is -2.13. The number of nitrogens with one attached hydrogen (secondary N) is 2. The van der Waals surface area contributed by atoms with E-state index in [1.54, 1.807) is 25.3 Å². The lowest BCUT2D eigenvalue weighted by molar-refractivity contribution is 0.0939. The van der Waals surface area contributed by atoms with E-state index in [0.717, 1.165) is 24.1 Å². The predicted octanol–water partition coefficient (Wildman–Crippen LogP) is 2.15. The highest BCUT2D eigenvalue weighted by molar-refractivity contribution is 7.92. The van der Waals surface area contributed by atoms with Crippen LogP contribution in [0.3, 0.4) is 0 Å². The third kappa shape index (κ3) is 5.10. The van der Waals surface area contributed by atoms with Gasteiger partial charge in [0.15, 0.2) is 0 Å². The summed E-state index contributed by atoms with van der Waals surface area (Å²) in [4.78, 5) is 12.2. The van der Waals surface area contributed by atoms with Crippen LogP contribution >= 0.6 is 0 Å². The topological polar surface area (TPSA) is 88.4 Å². The molecule has 2 rings (SSSR count). The van der Waals surface area contributed by atoms with Crippen molar-refractivity contribution in [3.05, 3.63) is 53.7 Å². The number of hydrogen-bond donors (Lipinski definition) is 2. The highest BCUT2D eigenvalue weighted by Crippen LogP contribution is 2.17. The Balaban J connectivity index is 2.08. The van der Waals surface area contributed by atoms with Crippen LogP contribution in [0.4, 0.5) is 10.1 Å². The van der Waals surface area contributed by atoms with Gasteiger partial charge in [0.2, 0.25) is 10.0 Å². The van der Waals surface area contributed by atoms with Crippen LogP contribution in [0.25, 0.3) is 0 Å². The summed E-state index contributed by atoms with van der Waals surface area (Å²) in [5, 5.41) is 2.75. The van der Waals surface area contributed by atoms with E-state index < -0.39 is 21.7 Å². The van der Waals surface area contributed by atoms with Crippen LogP contribution < -0.4 is 10.0 Å². The first-order chi connectivity index (χ1) is 10.7. The molecule has 1 aromatic carbocycles. The molecule has 1 aromatic heterocycles. The molecule has 124 valence electrons. The molecule has 0 spiro atoms. The van der Waals surface area contributed by atoms with Gasteiger partial charge in [-0.15, -0.1) is 0 Å². The van der Waals surface area contributed by atoms with Crippen molar-refractivity contribution >= 4 is 21.6 Å². The maximum absolute atomic E-state index is 13.6. The van der Waals surface area contributed by atoms with Crippen molar-refractivity contribution in [2.45, 2.75) is 19.4 Å². The van der Waals surface area contributed by atoms with Gasteiger partial charge in [0.25, 0.3) is 5.91 Å². The van der Waals surface area contributed by atoms with Crippen molar-refractivity contribution in [3.63, 3.8) is 0 Å². The van der Waals surface area contributed by atoms with E-state index in [4.69, 9.17) is 4.42 Å².